The molecule has 1 heterocycles. The lowest BCUT2D eigenvalue weighted by molar-refractivity contribution is 0.0927. The van der Waals surface area contributed by atoms with Crippen LogP contribution in [0.2, 0.25) is 0 Å². The van der Waals surface area contributed by atoms with Gasteiger partial charge in [0.15, 0.2) is 5.78 Å². The minimum absolute atomic E-state index is 0.135. The summed E-state index contributed by atoms with van der Waals surface area (Å²) in [4.78, 5) is 14.2. The Labute approximate surface area is 125 Å². The molecule has 116 valence electrons. The number of halogens is 2. The molecule has 1 atom stereocenters. The predicted molar refractivity (Wildman–Crippen MR) is 79.4 cm³/mol. The maximum absolute atomic E-state index is 13.6. The number of hydrogen-bond donors (Lipinski definition) is 0. The van der Waals surface area contributed by atoms with E-state index in [9.17, 15) is 13.6 Å². The minimum atomic E-state index is -0.639. The topological polar surface area (TPSA) is 20.3 Å². The van der Waals surface area contributed by atoms with Gasteiger partial charge >= 0.3 is 0 Å². The van der Waals surface area contributed by atoms with Crippen molar-refractivity contribution in [3.63, 3.8) is 0 Å². The normalized spacial score (nSPS) is 20.2. The Morgan fingerprint density at radius 1 is 1.29 bits per heavy atom. The molecule has 2 rings (SSSR count). The largest absolute Gasteiger partial charge is 0.296 e. The number of nitrogens with zero attached hydrogens (tertiary/aromatic N) is 1. The molecule has 0 saturated carbocycles. The second kappa shape index (κ2) is 7.64. The van der Waals surface area contributed by atoms with Crippen molar-refractivity contribution in [2.24, 2.45) is 5.92 Å². The van der Waals surface area contributed by atoms with Crippen molar-refractivity contribution in [2.75, 3.05) is 19.6 Å². The molecule has 4 heteroatoms. The van der Waals surface area contributed by atoms with E-state index in [-0.39, 0.29) is 17.9 Å². The summed E-state index contributed by atoms with van der Waals surface area (Å²) in [6.45, 7) is 4.11. The molecule has 0 amide bonds. The van der Waals surface area contributed by atoms with Gasteiger partial charge in [0.05, 0.1) is 12.1 Å². The molecular weight excluding hydrogens is 272 g/mol. The monoisotopic (exact) mass is 295 g/mol. The highest BCUT2D eigenvalue weighted by molar-refractivity contribution is 5.97. The van der Waals surface area contributed by atoms with E-state index in [0.29, 0.717) is 0 Å². The van der Waals surface area contributed by atoms with E-state index >= 15 is 0 Å². The smallest absolute Gasteiger partial charge is 0.179 e. The van der Waals surface area contributed by atoms with E-state index < -0.39 is 11.6 Å². The molecule has 1 aromatic carbocycles. The van der Waals surface area contributed by atoms with Crippen LogP contribution in [0.25, 0.3) is 0 Å². The summed E-state index contributed by atoms with van der Waals surface area (Å²) in [5, 5.41) is 0. The maximum Gasteiger partial charge on any atom is 0.179 e. The quantitative estimate of drug-likeness (QED) is 0.764. The summed E-state index contributed by atoms with van der Waals surface area (Å²) < 4.78 is 26.8. The highest BCUT2D eigenvalue weighted by Crippen LogP contribution is 2.22. The number of carbonyl (C=O) groups excluding carboxylic acids is 1. The third-order valence-electron chi connectivity index (χ3n) is 4.23. The first-order valence-electron chi connectivity index (χ1n) is 7.80. The van der Waals surface area contributed by atoms with Crippen LogP contribution in [0.1, 0.15) is 49.4 Å². The van der Waals surface area contributed by atoms with Gasteiger partial charge in [-0.2, -0.15) is 0 Å². The molecule has 0 bridgehead atoms. The average Bonchev–Trinajstić information content (AvgIpc) is 2.67. The third kappa shape index (κ3) is 4.60. The van der Waals surface area contributed by atoms with Crippen LogP contribution in [-0.4, -0.2) is 30.3 Å². The zero-order valence-corrected chi connectivity index (χ0v) is 12.6. The van der Waals surface area contributed by atoms with Crippen molar-refractivity contribution in [3.05, 3.63) is 35.4 Å². The standard InChI is InChI=1S/C17H23F2NO/c1-2-4-13-5-3-9-20(10-8-13)12-17(21)15-11-14(18)6-7-16(15)19/h6-7,11,13H,2-5,8-10,12H2,1H3. The van der Waals surface area contributed by atoms with E-state index in [4.69, 9.17) is 0 Å². The molecule has 1 aliphatic rings. The molecule has 0 aromatic heterocycles. The Hall–Kier alpha value is -1.29. The first kappa shape index (κ1) is 16.1. The Bertz CT molecular complexity index is 490. The van der Waals surface area contributed by atoms with E-state index in [1.54, 1.807) is 0 Å². The summed E-state index contributed by atoms with van der Waals surface area (Å²) in [6, 6.07) is 3.05. The van der Waals surface area contributed by atoms with Gasteiger partial charge in [0.1, 0.15) is 11.6 Å². The van der Waals surface area contributed by atoms with Gasteiger partial charge < -0.3 is 0 Å². The minimum Gasteiger partial charge on any atom is -0.296 e. The van der Waals surface area contributed by atoms with Gasteiger partial charge in [0.2, 0.25) is 0 Å². The van der Waals surface area contributed by atoms with Crippen LogP contribution in [0.3, 0.4) is 0 Å². The summed E-state index contributed by atoms with van der Waals surface area (Å²) >= 11 is 0. The third-order valence-corrected chi connectivity index (χ3v) is 4.23. The van der Waals surface area contributed by atoms with Gasteiger partial charge in [0, 0.05) is 0 Å². The Balaban J connectivity index is 1.95. The molecule has 1 fully saturated rings. The van der Waals surface area contributed by atoms with Crippen LogP contribution in [0.15, 0.2) is 18.2 Å². The fourth-order valence-corrected chi connectivity index (χ4v) is 3.08. The molecule has 1 aliphatic heterocycles. The molecule has 0 radical (unpaired) electrons. The van der Waals surface area contributed by atoms with Gasteiger partial charge in [-0.15, -0.1) is 0 Å². The van der Waals surface area contributed by atoms with Crippen LogP contribution in [0, 0.1) is 17.6 Å². The fraction of sp³-hybridized carbons (Fsp3) is 0.588. The fourth-order valence-electron chi connectivity index (χ4n) is 3.08. The van der Waals surface area contributed by atoms with Gasteiger partial charge in [-0.25, -0.2) is 8.78 Å². The zero-order chi connectivity index (χ0) is 15.2. The van der Waals surface area contributed by atoms with E-state index in [2.05, 4.69) is 11.8 Å². The molecule has 1 saturated heterocycles. The molecule has 2 nitrogen and oxygen atoms in total. The molecule has 0 spiro atoms. The second-order valence-corrected chi connectivity index (χ2v) is 5.91. The van der Waals surface area contributed by atoms with Crippen molar-refractivity contribution in [3.8, 4) is 0 Å². The molecule has 0 aliphatic carbocycles. The highest BCUT2D eigenvalue weighted by Gasteiger charge is 2.20. The Morgan fingerprint density at radius 2 is 2.10 bits per heavy atom. The lowest BCUT2D eigenvalue weighted by atomic mass is 9.96. The highest BCUT2D eigenvalue weighted by atomic mass is 19.1. The number of likely N-dealkylation sites (tertiary alicyclic amines) is 1. The van der Waals surface area contributed by atoms with E-state index in [1.807, 2.05) is 0 Å². The van der Waals surface area contributed by atoms with Crippen LogP contribution in [-0.2, 0) is 0 Å². The first-order chi connectivity index (χ1) is 10.1. The maximum atomic E-state index is 13.6. The van der Waals surface area contributed by atoms with Gasteiger partial charge in [0.25, 0.3) is 0 Å². The molecule has 1 unspecified atom stereocenters. The second-order valence-electron chi connectivity index (χ2n) is 5.91. The van der Waals surface area contributed by atoms with Crippen LogP contribution >= 0.6 is 0 Å². The SMILES string of the molecule is CCCC1CCCN(CC(=O)c2cc(F)ccc2F)CC1. The summed E-state index contributed by atoms with van der Waals surface area (Å²) in [6.07, 6.45) is 5.79. The van der Waals surface area contributed by atoms with Crippen molar-refractivity contribution in [2.45, 2.75) is 39.0 Å². The Morgan fingerprint density at radius 3 is 2.86 bits per heavy atom. The lowest BCUT2D eigenvalue weighted by Gasteiger charge is -2.19. The molecular formula is C17H23F2NO. The number of benzene rings is 1. The van der Waals surface area contributed by atoms with Crippen molar-refractivity contribution in [1.82, 2.24) is 4.90 Å². The molecule has 0 N–H and O–H groups in total. The number of carbonyl (C=O) groups is 1. The number of rotatable bonds is 5. The van der Waals surface area contributed by atoms with Gasteiger partial charge in [-0.3, -0.25) is 9.69 Å². The zero-order valence-electron chi connectivity index (χ0n) is 12.6. The van der Waals surface area contributed by atoms with Crippen LogP contribution < -0.4 is 0 Å². The lowest BCUT2D eigenvalue weighted by Crippen LogP contribution is -2.31. The molecule has 21 heavy (non-hydrogen) atoms. The van der Waals surface area contributed by atoms with Crippen molar-refractivity contribution >= 4 is 5.78 Å². The Kier molecular flexibility index (Phi) is 5.85. The first-order valence-corrected chi connectivity index (χ1v) is 7.80. The van der Waals surface area contributed by atoms with E-state index in [0.717, 1.165) is 50.0 Å². The average molecular weight is 295 g/mol. The molecule has 1 aromatic rings. The predicted octanol–water partition coefficient (Wildman–Crippen LogP) is 4.05. The number of hydrogen-bond acceptors (Lipinski definition) is 2. The summed E-state index contributed by atoms with van der Waals surface area (Å²) in [5.74, 6) is -0.805. The van der Waals surface area contributed by atoms with Crippen molar-refractivity contribution in [1.29, 1.82) is 0 Å². The van der Waals surface area contributed by atoms with Gasteiger partial charge in [-0.05, 0) is 56.5 Å². The van der Waals surface area contributed by atoms with E-state index in [1.165, 1.54) is 19.3 Å². The van der Waals surface area contributed by atoms with Crippen molar-refractivity contribution < 1.29 is 13.6 Å². The number of Topliss-reactive ketones (excluding diaryl/α,β-unsaturated/α-hetero) is 1. The summed E-state index contributed by atoms with van der Waals surface area (Å²) in [5.41, 5.74) is -0.135. The summed E-state index contributed by atoms with van der Waals surface area (Å²) in [7, 11) is 0. The van der Waals surface area contributed by atoms with Gasteiger partial charge in [-0.1, -0.05) is 19.8 Å². The van der Waals surface area contributed by atoms with Crippen LogP contribution in [0.4, 0.5) is 8.78 Å². The van der Waals surface area contributed by atoms with Crippen LogP contribution in [0.5, 0.6) is 0 Å². The number of ketones is 1.